The third-order valence-corrected chi connectivity index (χ3v) is 6.67. The molecule has 0 spiro atoms. The topological polar surface area (TPSA) is 98.6 Å². The molecule has 0 saturated heterocycles. The zero-order valence-electron chi connectivity index (χ0n) is 18.5. The first-order valence-corrected chi connectivity index (χ1v) is 11.1. The van der Waals surface area contributed by atoms with E-state index in [0.717, 1.165) is 0 Å². The first kappa shape index (κ1) is 24.0. The van der Waals surface area contributed by atoms with Crippen LogP contribution in [0.15, 0.2) is 30.5 Å². The molecule has 2 aromatic rings. The molecule has 1 aromatic carbocycles. The number of benzene rings is 1. The van der Waals surface area contributed by atoms with E-state index in [4.69, 9.17) is 9.47 Å². The minimum Gasteiger partial charge on any atom is -0.496 e. The lowest BCUT2D eigenvalue weighted by atomic mass is 9.82. The van der Waals surface area contributed by atoms with E-state index in [9.17, 15) is 27.9 Å². The van der Waals surface area contributed by atoms with E-state index in [1.165, 1.54) is 19.4 Å². The van der Waals surface area contributed by atoms with E-state index in [2.05, 4.69) is 10.2 Å². The number of rotatable bonds is 8. The maximum absolute atomic E-state index is 13.1. The number of carbonyl (C=O) groups excluding carboxylic acids is 1. The second-order valence-corrected chi connectivity index (χ2v) is 8.93. The van der Waals surface area contributed by atoms with Gasteiger partial charge in [-0.2, -0.15) is 18.3 Å². The summed E-state index contributed by atoms with van der Waals surface area (Å²) in [4.78, 5) is 24.3. The van der Waals surface area contributed by atoms with E-state index in [-0.39, 0.29) is 48.5 Å². The highest BCUT2D eigenvalue weighted by atomic mass is 19.4. The number of halogens is 3. The van der Waals surface area contributed by atoms with E-state index < -0.39 is 24.0 Å². The van der Waals surface area contributed by atoms with Crippen molar-refractivity contribution in [1.29, 1.82) is 0 Å². The van der Waals surface area contributed by atoms with Gasteiger partial charge >= 0.3 is 12.1 Å². The first-order valence-electron chi connectivity index (χ1n) is 11.1. The molecule has 2 aliphatic rings. The highest BCUT2D eigenvalue weighted by molar-refractivity contribution is 6.09. The van der Waals surface area contributed by atoms with Crippen molar-refractivity contribution in [2.24, 2.45) is 17.8 Å². The van der Waals surface area contributed by atoms with Crippen LogP contribution < -0.4 is 9.47 Å². The van der Waals surface area contributed by atoms with Crippen molar-refractivity contribution in [3.63, 3.8) is 0 Å². The molecule has 34 heavy (non-hydrogen) atoms. The van der Waals surface area contributed by atoms with Crippen LogP contribution in [-0.4, -0.2) is 46.9 Å². The molecule has 0 amide bonds. The maximum atomic E-state index is 13.1. The van der Waals surface area contributed by atoms with Gasteiger partial charge < -0.3 is 14.6 Å². The lowest BCUT2D eigenvalue weighted by Crippen LogP contribution is -2.29. The zero-order chi connectivity index (χ0) is 24.5. The van der Waals surface area contributed by atoms with Crippen LogP contribution in [0.5, 0.6) is 11.6 Å². The molecule has 4 rings (SSSR count). The summed E-state index contributed by atoms with van der Waals surface area (Å²) in [5.41, 5.74) is 1.28. The quantitative estimate of drug-likeness (QED) is 0.552. The van der Waals surface area contributed by atoms with Gasteiger partial charge in [-0.15, -0.1) is 5.10 Å². The number of ketones is 1. The van der Waals surface area contributed by atoms with Crippen LogP contribution in [-0.2, 0) is 4.79 Å². The molecule has 0 bridgehead atoms. The van der Waals surface area contributed by atoms with Crippen molar-refractivity contribution >= 4 is 11.8 Å². The van der Waals surface area contributed by atoms with Gasteiger partial charge in [0.15, 0.2) is 5.78 Å². The number of hydrogen-bond acceptors (Lipinski definition) is 6. The van der Waals surface area contributed by atoms with Crippen LogP contribution >= 0.6 is 0 Å². The second kappa shape index (κ2) is 9.60. The van der Waals surface area contributed by atoms with Crippen molar-refractivity contribution in [2.75, 3.05) is 13.7 Å². The number of aromatic nitrogens is 2. The Morgan fingerprint density at radius 3 is 2.47 bits per heavy atom. The van der Waals surface area contributed by atoms with Crippen molar-refractivity contribution in [3.05, 3.63) is 47.2 Å². The molecule has 182 valence electrons. The molecule has 10 heteroatoms. The van der Waals surface area contributed by atoms with Gasteiger partial charge in [0.2, 0.25) is 5.88 Å². The fourth-order valence-corrected chi connectivity index (χ4v) is 4.55. The lowest BCUT2D eigenvalue weighted by Gasteiger charge is -2.29. The molecule has 0 aliphatic heterocycles. The molecule has 2 fully saturated rings. The first-order chi connectivity index (χ1) is 16.2. The predicted octanol–water partition coefficient (Wildman–Crippen LogP) is 4.65. The average molecular weight is 478 g/mol. The number of methoxy groups -OCH3 is 1. The molecule has 2 saturated carbocycles. The molecular formula is C24H25F3N2O5. The van der Waals surface area contributed by atoms with Crippen molar-refractivity contribution < 1.29 is 37.3 Å². The Bertz CT molecular complexity index is 1070. The number of carbonyl (C=O) groups is 2. The summed E-state index contributed by atoms with van der Waals surface area (Å²) < 4.78 is 49.5. The highest BCUT2D eigenvalue weighted by Crippen LogP contribution is 2.50. The van der Waals surface area contributed by atoms with Crippen molar-refractivity contribution in [3.8, 4) is 11.6 Å². The Kier molecular flexibility index (Phi) is 6.77. The molecule has 0 unspecified atom stereocenters. The SMILES string of the molecule is COc1ccc(C(=O)c2cnnc(OCC3CCC(C(F)(F)F)CC3)c2)cc1[C@H]1C[C@@H]1C(=O)O. The summed E-state index contributed by atoms with van der Waals surface area (Å²) in [7, 11) is 1.49. The summed E-state index contributed by atoms with van der Waals surface area (Å²) in [6.07, 6.45) is -1.33. The molecular weight excluding hydrogens is 453 g/mol. The van der Waals surface area contributed by atoms with Crippen LogP contribution in [0.3, 0.4) is 0 Å². The number of aliphatic carboxylic acids is 1. The molecule has 2 aliphatic carbocycles. The van der Waals surface area contributed by atoms with E-state index >= 15 is 0 Å². The number of hydrogen-bond donors (Lipinski definition) is 1. The van der Waals surface area contributed by atoms with Crippen molar-refractivity contribution in [1.82, 2.24) is 10.2 Å². The van der Waals surface area contributed by atoms with Crippen molar-refractivity contribution in [2.45, 2.75) is 44.2 Å². The van der Waals surface area contributed by atoms with Crippen LogP contribution in [0.4, 0.5) is 13.2 Å². The summed E-state index contributed by atoms with van der Waals surface area (Å²) in [5, 5.41) is 17.0. The van der Waals surface area contributed by atoms with E-state index in [0.29, 0.717) is 36.1 Å². The fourth-order valence-electron chi connectivity index (χ4n) is 4.55. The zero-order valence-corrected chi connectivity index (χ0v) is 18.5. The molecule has 1 heterocycles. The Labute approximate surface area is 194 Å². The van der Waals surface area contributed by atoms with Gasteiger partial charge in [-0.05, 0) is 61.8 Å². The molecule has 7 nitrogen and oxygen atoms in total. The van der Waals surface area contributed by atoms with Gasteiger partial charge in [0, 0.05) is 23.1 Å². The number of alkyl halides is 3. The number of nitrogens with zero attached hydrogens (tertiary/aromatic N) is 2. The van der Waals surface area contributed by atoms with Crippen LogP contribution in [0.25, 0.3) is 0 Å². The van der Waals surface area contributed by atoms with Gasteiger partial charge in [0.05, 0.1) is 31.7 Å². The van der Waals surface area contributed by atoms with Gasteiger partial charge in [-0.1, -0.05) is 0 Å². The van der Waals surface area contributed by atoms with Gasteiger partial charge in [0.25, 0.3) is 0 Å². The Morgan fingerprint density at radius 2 is 1.85 bits per heavy atom. The summed E-state index contributed by atoms with van der Waals surface area (Å²) in [6, 6.07) is 6.35. The lowest BCUT2D eigenvalue weighted by molar-refractivity contribution is -0.184. The average Bonchev–Trinajstić information content (AvgIpc) is 3.63. The standard InChI is InChI=1S/C24H25F3N2O5/c1-33-20-7-4-14(8-18(20)17-10-19(17)23(31)32)22(30)15-9-21(29-28-11-15)34-12-13-2-5-16(6-3-13)24(25,26)27/h4,7-9,11,13,16-17,19H,2-3,5-6,10,12H2,1H3,(H,31,32)/t13?,16?,17-,19+/m1/s1. The minimum absolute atomic E-state index is 0.00960. The fraction of sp³-hybridized carbons (Fsp3) is 0.500. The maximum Gasteiger partial charge on any atom is 0.391 e. The Balaban J connectivity index is 1.41. The number of ether oxygens (including phenoxy) is 2. The third-order valence-electron chi connectivity index (χ3n) is 6.67. The van der Waals surface area contributed by atoms with Gasteiger partial charge in [-0.25, -0.2) is 0 Å². The monoisotopic (exact) mass is 478 g/mol. The third kappa shape index (κ3) is 5.31. The van der Waals surface area contributed by atoms with E-state index in [1.807, 2.05) is 0 Å². The largest absolute Gasteiger partial charge is 0.496 e. The Morgan fingerprint density at radius 1 is 1.12 bits per heavy atom. The van der Waals surface area contributed by atoms with E-state index in [1.54, 1.807) is 18.2 Å². The summed E-state index contributed by atoms with van der Waals surface area (Å²) in [6.45, 7) is 0.210. The minimum atomic E-state index is -4.15. The molecule has 1 aromatic heterocycles. The number of carboxylic acid groups (broad SMARTS) is 1. The molecule has 2 atom stereocenters. The van der Waals surface area contributed by atoms with Gasteiger partial charge in [-0.3, -0.25) is 9.59 Å². The van der Waals surface area contributed by atoms with Crippen LogP contribution in [0.1, 0.15) is 59.5 Å². The molecule has 1 N–H and O–H groups in total. The molecule has 0 radical (unpaired) electrons. The van der Waals surface area contributed by atoms with Crippen LogP contribution in [0, 0.1) is 17.8 Å². The second-order valence-electron chi connectivity index (χ2n) is 8.93. The van der Waals surface area contributed by atoms with Gasteiger partial charge in [0.1, 0.15) is 5.75 Å². The van der Waals surface area contributed by atoms with Crippen LogP contribution in [0.2, 0.25) is 0 Å². The number of carboxylic acids is 1. The highest BCUT2D eigenvalue weighted by Gasteiger charge is 2.46. The predicted molar refractivity (Wildman–Crippen MR) is 114 cm³/mol. The Hall–Kier alpha value is -3.17. The smallest absolute Gasteiger partial charge is 0.391 e. The normalized spacial score (nSPS) is 24.4. The summed E-state index contributed by atoms with van der Waals surface area (Å²) in [5.74, 6) is -2.51. The summed E-state index contributed by atoms with van der Waals surface area (Å²) >= 11 is 0.